The SMILES string of the molecule is CCc1nc(CC)n(C(CN)c2cccc(OC)c2)n1. The van der Waals surface area contributed by atoms with Crippen LogP contribution in [0.25, 0.3) is 0 Å². The Morgan fingerprint density at radius 1 is 1.30 bits per heavy atom. The average Bonchev–Trinajstić information content (AvgIpc) is 2.91. The van der Waals surface area contributed by atoms with Gasteiger partial charge >= 0.3 is 0 Å². The van der Waals surface area contributed by atoms with Crippen LogP contribution in [0.1, 0.15) is 37.1 Å². The zero-order valence-electron chi connectivity index (χ0n) is 12.3. The maximum absolute atomic E-state index is 5.97. The van der Waals surface area contributed by atoms with Gasteiger partial charge in [-0.15, -0.1) is 0 Å². The number of hydrogen-bond acceptors (Lipinski definition) is 4. The first-order valence-corrected chi connectivity index (χ1v) is 7.01. The fourth-order valence-electron chi connectivity index (χ4n) is 2.27. The minimum Gasteiger partial charge on any atom is -0.497 e. The van der Waals surface area contributed by atoms with Gasteiger partial charge in [0, 0.05) is 19.4 Å². The normalized spacial score (nSPS) is 12.4. The number of aromatic nitrogens is 3. The van der Waals surface area contributed by atoms with E-state index in [9.17, 15) is 0 Å². The Balaban J connectivity index is 2.43. The topological polar surface area (TPSA) is 66.0 Å². The smallest absolute Gasteiger partial charge is 0.150 e. The lowest BCUT2D eigenvalue weighted by atomic mass is 10.1. The predicted molar refractivity (Wildman–Crippen MR) is 79.0 cm³/mol. The van der Waals surface area contributed by atoms with Crippen molar-refractivity contribution < 1.29 is 4.74 Å². The summed E-state index contributed by atoms with van der Waals surface area (Å²) >= 11 is 0. The molecule has 2 N–H and O–H groups in total. The van der Waals surface area contributed by atoms with Gasteiger partial charge < -0.3 is 10.5 Å². The molecule has 5 heteroatoms. The molecule has 1 aromatic carbocycles. The minimum atomic E-state index is -0.00662. The van der Waals surface area contributed by atoms with Gasteiger partial charge in [0.15, 0.2) is 5.82 Å². The van der Waals surface area contributed by atoms with Crippen LogP contribution in [0.15, 0.2) is 24.3 Å². The summed E-state index contributed by atoms with van der Waals surface area (Å²) in [4.78, 5) is 4.55. The lowest BCUT2D eigenvalue weighted by Crippen LogP contribution is -2.23. The van der Waals surface area contributed by atoms with Gasteiger partial charge in [-0.1, -0.05) is 26.0 Å². The number of nitrogens with zero attached hydrogens (tertiary/aromatic N) is 3. The molecule has 0 saturated heterocycles. The molecule has 0 aliphatic heterocycles. The largest absolute Gasteiger partial charge is 0.497 e. The van der Waals surface area contributed by atoms with Crippen LogP contribution >= 0.6 is 0 Å². The Morgan fingerprint density at radius 3 is 2.70 bits per heavy atom. The number of aryl methyl sites for hydroxylation is 2. The van der Waals surface area contributed by atoms with E-state index in [0.717, 1.165) is 35.8 Å². The molecule has 0 bridgehead atoms. The number of hydrogen-bond donors (Lipinski definition) is 1. The maximum Gasteiger partial charge on any atom is 0.150 e. The van der Waals surface area contributed by atoms with Gasteiger partial charge in [0.1, 0.15) is 11.6 Å². The number of benzene rings is 1. The number of ether oxygens (including phenoxy) is 1. The van der Waals surface area contributed by atoms with Crippen LogP contribution in [0.2, 0.25) is 0 Å². The quantitative estimate of drug-likeness (QED) is 0.874. The van der Waals surface area contributed by atoms with Crippen molar-refractivity contribution >= 4 is 0 Å². The first kappa shape index (κ1) is 14.5. The van der Waals surface area contributed by atoms with E-state index in [1.54, 1.807) is 7.11 Å². The highest BCUT2D eigenvalue weighted by Crippen LogP contribution is 2.22. The molecule has 1 unspecified atom stereocenters. The average molecular weight is 274 g/mol. The number of methoxy groups -OCH3 is 1. The standard InChI is InChI=1S/C15H22N4O/c1-4-14-17-15(5-2)19(18-14)13(10-16)11-7-6-8-12(9-11)20-3/h6-9,13H,4-5,10,16H2,1-3H3. The monoisotopic (exact) mass is 274 g/mol. The molecule has 0 saturated carbocycles. The molecule has 5 nitrogen and oxygen atoms in total. The van der Waals surface area contributed by atoms with Gasteiger partial charge in [0.25, 0.3) is 0 Å². The molecule has 20 heavy (non-hydrogen) atoms. The fraction of sp³-hybridized carbons (Fsp3) is 0.467. The summed E-state index contributed by atoms with van der Waals surface area (Å²) in [6, 6.07) is 7.95. The molecule has 1 aromatic heterocycles. The van der Waals surface area contributed by atoms with Crippen LogP contribution in [-0.2, 0) is 12.8 Å². The number of nitrogens with two attached hydrogens (primary N) is 1. The summed E-state index contributed by atoms with van der Waals surface area (Å²) in [7, 11) is 1.67. The van der Waals surface area contributed by atoms with Crippen molar-refractivity contribution in [2.24, 2.45) is 5.73 Å². The van der Waals surface area contributed by atoms with Crippen LogP contribution in [0.5, 0.6) is 5.75 Å². The third kappa shape index (κ3) is 2.82. The molecular weight excluding hydrogens is 252 g/mol. The second-order valence-corrected chi connectivity index (χ2v) is 4.62. The van der Waals surface area contributed by atoms with Crippen LogP contribution in [0.4, 0.5) is 0 Å². The van der Waals surface area contributed by atoms with Crippen molar-refractivity contribution in [2.45, 2.75) is 32.7 Å². The van der Waals surface area contributed by atoms with Gasteiger partial charge in [0.05, 0.1) is 13.2 Å². The summed E-state index contributed by atoms with van der Waals surface area (Å²) in [5, 5.41) is 4.59. The fourth-order valence-corrected chi connectivity index (χ4v) is 2.27. The van der Waals surface area contributed by atoms with E-state index in [4.69, 9.17) is 10.5 Å². The minimum absolute atomic E-state index is 0.00662. The van der Waals surface area contributed by atoms with Crippen LogP contribution in [0.3, 0.4) is 0 Å². The van der Waals surface area contributed by atoms with E-state index in [1.807, 2.05) is 28.9 Å². The first-order valence-electron chi connectivity index (χ1n) is 7.01. The van der Waals surface area contributed by atoms with E-state index in [2.05, 4.69) is 23.9 Å². The zero-order valence-corrected chi connectivity index (χ0v) is 12.3. The molecule has 2 rings (SSSR count). The lowest BCUT2D eigenvalue weighted by Gasteiger charge is -2.18. The second kappa shape index (κ2) is 6.52. The molecule has 1 atom stereocenters. The summed E-state index contributed by atoms with van der Waals surface area (Å²) in [5.74, 6) is 2.66. The molecule has 0 spiro atoms. The highest BCUT2D eigenvalue weighted by atomic mass is 16.5. The van der Waals surface area contributed by atoms with Gasteiger partial charge in [0.2, 0.25) is 0 Å². The summed E-state index contributed by atoms with van der Waals surface area (Å²) in [5.41, 5.74) is 7.06. The van der Waals surface area contributed by atoms with Crippen LogP contribution in [0, 0.1) is 0 Å². The van der Waals surface area contributed by atoms with Crippen LogP contribution in [-0.4, -0.2) is 28.4 Å². The van der Waals surface area contributed by atoms with E-state index >= 15 is 0 Å². The van der Waals surface area contributed by atoms with E-state index < -0.39 is 0 Å². The molecular formula is C15H22N4O. The summed E-state index contributed by atoms with van der Waals surface area (Å²) < 4.78 is 7.23. The molecule has 0 aliphatic rings. The maximum atomic E-state index is 5.97. The van der Waals surface area contributed by atoms with Crippen molar-refractivity contribution in [3.63, 3.8) is 0 Å². The third-order valence-corrected chi connectivity index (χ3v) is 3.38. The van der Waals surface area contributed by atoms with Gasteiger partial charge in [-0.3, -0.25) is 0 Å². The second-order valence-electron chi connectivity index (χ2n) is 4.62. The van der Waals surface area contributed by atoms with Crippen molar-refractivity contribution in [1.82, 2.24) is 14.8 Å². The summed E-state index contributed by atoms with van der Waals surface area (Å²) in [6.07, 6.45) is 1.67. The van der Waals surface area contributed by atoms with Gasteiger partial charge in [-0.2, -0.15) is 5.10 Å². The van der Waals surface area contributed by atoms with Crippen molar-refractivity contribution in [3.8, 4) is 5.75 Å². The highest BCUT2D eigenvalue weighted by molar-refractivity contribution is 5.31. The molecule has 1 heterocycles. The molecule has 0 radical (unpaired) electrons. The Kier molecular flexibility index (Phi) is 4.74. The molecule has 0 amide bonds. The Labute approximate surface area is 119 Å². The molecule has 108 valence electrons. The highest BCUT2D eigenvalue weighted by Gasteiger charge is 2.18. The Morgan fingerprint density at radius 2 is 2.10 bits per heavy atom. The van der Waals surface area contributed by atoms with Crippen molar-refractivity contribution in [2.75, 3.05) is 13.7 Å². The number of rotatable bonds is 6. The van der Waals surface area contributed by atoms with E-state index in [1.165, 1.54) is 0 Å². The van der Waals surface area contributed by atoms with Gasteiger partial charge in [-0.05, 0) is 17.7 Å². The van der Waals surface area contributed by atoms with Crippen LogP contribution < -0.4 is 10.5 Å². The zero-order chi connectivity index (χ0) is 14.5. The molecule has 0 fully saturated rings. The van der Waals surface area contributed by atoms with E-state index in [0.29, 0.717) is 6.54 Å². The van der Waals surface area contributed by atoms with E-state index in [-0.39, 0.29) is 6.04 Å². The first-order chi connectivity index (χ1) is 9.73. The lowest BCUT2D eigenvalue weighted by molar-refractivity contribution is 0.412. The van der Waals surface area contributed by atoms with Crippen molar-refractivity contribution in [1.29, 1.82) is 0 Å². The molecule has 2 aromatic rings. The van der Waals surface area contributed by atoms with Gasteiger partial charge in [-0.25, -0.2) is 9.67 Å². The third-order valence-electron chi connectivity index (χ3n) is 3.38. The van der Waals surface area contributed by atoms with Crippen molar-refractivity contribution in [3.05, 3.63) is 41.5 Å². The molecule has 0 aliphatic carbocycles. The Bertz CT molecular complexity index is 565. The summed E-state index contributed by atoms with van der Waals surface area (Å²) in [6.45, 7) is 4.62. The predicted octanol–water partition coefficient (Wildman–Crippen LogP) is 1.96. The Hall–Kier alpha value is -1.88.